The summed E-state index contributed by atoms with van der Waals surface area (Å²) in [5, 5.41) is 0. The number of rotatable bonds is 2. The maximum absolute atomic E-state index is 12.8. The van der Waals surface area contributed by atoms with Crippen molar-refractivity contribution >= 4 is 0 Å². The van der Waals surface area contributed by atoms with E-state index in [1.807, 2.05) is 0 Å². The third-order valence-electron chi connectivity index (χ3n) is 1.55. The summed E-state index contributed by atoms with van der Waals surface area (Å²) in [7, 11) is 0. The monoisotopic (exact) mass is 175 g/mol. The molecule has 1 aromatic rings. The van der Waals surface area contributed by atoms with Gasteiger partial charge in [-0.2, -0.15) is 8.78 Å². The highest BCUT2D eigenvalue weighted by Gasteiger charge is 2.30. The molecule has 0 atom stereocenters. The molecule has 0 N–H and O–H groups in total. The summed E-state index contributed by atoms with van der Waals surface area (Å²) in [6.45, 7) is 1.35. The van der Waals surface area contributed by atoms with Crippen LogP contribution in [0.1, 0.15) is 19.0 Å². The third kappa shape index (κ3) is 1.75. The van der Waals surface area contributed by atoms with E-state index >= 15 is 0 Å². The number of aromatic nitrogens is 1. The van der Waals surface area contributed by atoms with E-state index in [2.05, 4.69) is 4.98 Å². The van der Waals surface area contributed by atoms with Gasteiger partial charge < -0.3 is 0 Å². The second-order valence-electron chi connectivity index (χ2n) is 2.42. The molecule has 0 radical (unpaired) electrons. The van der Waals surface area contributed by atoms with Gasteiger partial charge in [-0.1, -0.05) is 6.92 Å². The van der Waals surface area contributed by atoms with Gasteiger partial charge in [-0.25, -0.2) is 4.39 Å². The smallest absolute Gasteiger partial charge is 0.252 e. The Morgan fingerprint density at radius 2 is 2.08 bits per heavy atom. The van der Waals surface area contributed by atoms with Gasteiger partial charge in [0.05, 0.1) is 6.20 Å². The molecule has 1 heterocycles. The molecule has 0 saturated carbocycles. The summed E-state index contributed by atoms with van der Waals surface area (Å²) in [6, 6.07) is 1.98. The van der Waals surface area contributed by atoms with Crippen molar-refractivity contribution in [1.29, 1.82) is 0 Å². The van der Waals surface area contributed by atoms with Crippen LogP contribution in [-0.2, 0) is 5.92 Å². The number of hydrogen-bond donors (Lipinski definition) is 0. The van der Waals surface area contributed by atoms with Crippen LogP contribution < -0.4 is 0 Å². The molecule has 0 saturated heterocycles. The number of pyridine rings is 1. The Bertz CT molecular complexity index is 256. The summed E-state index contributed by atoms with van der Waals surface area (Å²) in [6.07, 6.45) is 0.463. The molecule has 1 rings (SSSR count). The Morgan fingerprint density at radius 1 is 1.42 bits per heavy atom. The minimum atomic E-state index is -2.95. The van der Waals surface area contributed by atoms with E-state index in [0.717, 1.165) is 18.3 Å². The number of halogens is 3. The molecule has 4 heteroatoms. The predicted octanol–water partition coefficient (Wildman–Crippen LogP) is 2.72. The van der Waals surface area contributed by atoms with Crippen molar-refractivity contribution in [2.45, 2.75) is 19.3 Å². The fraction of sp³-hybridized carbons (Fsp3) is 0.375. The van der Waals surface area contributed by atoms with Crippen LogP contribution in [0.4, 0.5) is 13.2 Å². The van der Waals surface area contributed by atoms with Gasteiger partial charge in [0.1, 0.15) is 11.5 Å². The van der Waals surface area contributed by atoms with Crippen LogP contribution in [0.2, 0.25) is 0 Å². The lowest BCUT2D eigenvalue weighted by Gasteiger charge is -2.12. The summed E-state index contributed by atoms with van der Waals surface area (Å²) in [5.74, 6) is -3.56. The Kier molecular flexibility index (Phi) is 2.35. The summed E-state index contributed by atoms with van der Waals surface area (Å²) >= 11 is 0. The largest absolute Gasteiger partial charge is 0.289 e. The molecule has 0 aliphatic heterocycles. The van der Waals surface area contributed by atoms with Crippen molar-refractivity contribution in [3.05, 3.63) is 29.8 Å². The molecule has 66 valence electrons. The van der Waals surface area contributed by atoms with E-state index in [4.69, 9.17) is 0 Å². The molecule has 0 aromatic carbocycles. The zero-order valence-electron chi connectivity index (χ0n) is 6.52. The highest BCUT2D eigenvalue weighted by Crippen LogP contribution is 2.29. The van der Waals surface area contributed by atoms with Crippen LogP contribution in [0, 0.1) is 5.82 Å². The van der Waals surface area contributed by atoms with Crippen molar-refractivity contribution in [3.8, 4) is 0 Å². The van der Waals surface area contributed by atoms with Gasteiger partial charge in [0.25, 0.3) is 5.92 Å². The Labute approximate surface area is 68.2 Å². The van der Waals surface area contributed by atoms with Crippen molar-refractivity contribution in [1.82, 2.24) is 4.98 Å². The van der Waals surface area contributed by atoms with Crippen LogP contribution in [-0.4, -0.2) is 4.98 Å². The summed E-state index contributed by atoms with van der Waals surface area (Å²) < 4.78 is 37.9. The zero-order chi connectivity index (χ0) is 9.19. The van der Waals surface area contributed by atoms with Gasteiger partial charge >= 0.3 is 0 Å². The molecule has 0 amide bonds. The molecule has 0 aliphatic carbocycles. The maximum atomic E-state index is 12.8. The van der Waals surface area contributed by atoms with Crippen LogP contribution in [0.15, 0.2) is 18.3 Å². The zero-order valence-corrected chi connectivity index (χ0v) is 6.52. The van der Waals surface area contributed by atoms with E-state index in [1.165, 1.54) is 6.92 Å². The van der Waals surface area contributed by atoms with E-state index in [0.29, 0.717) is 0 Å². The van der Waals surface area contributed by atoms with Crippen molar-refractivity contribution in [2.24, 2.45) is 0 Å². The number of hydrogen-bond acceptors (Lipinski definition) is 1. The molecule has 0 aliphatic rings. The standard InChI is InChI=1S/C8H8F3N/c1-2-8(10,11)7-4-3-6(9)5-12-7/h3-5H,2H2,1H3. The molecule has 0 fully saturated rings. The first-order chi connectivity index (χ1) is 5.56. The maximum Gasteiger partial charge on any atom is 0.289 e. The van der Waals surface area contributed by atoms with E-state index in [1.54, 1.807) is 0 Å². The lowest BCUT2D eigenvalue weighted by atomic mass is 10.2. The SMILES string of the molecule is CCC(F)(F)c1ccc(F)cn1. The lowest BCUT2D eigenvalue weighted by Crippen LogP contribution is -2.13. The van der Waals surface area contributed by atoms with Gasteiger partial charge in [0, 0.05) is 6.42 Å². The molecule has 12 heavy (non-hydrogen) atoms. The molecule has 1 nitrogen and oxygen atoms in total. The van der Waals surface area contributed by atoms with Gasteiger partial charge in [0.15, 0.2) is 0 Å². The average molecular weight is 175 g/mol. The van der Waals surface area contributed by atoms with Crippen molar-refractivity contribution in [3.63, 3.8) is 0 Å². The third-order valence-corrected chi connectivity index (χ3v) is 1.55. The first kappa shape index (κ1) is 9.03. The molecular weight excluding hydrogens is 167 g/mol. The second-order valence-corrected chi connectivity index (χ2v) is 2.42. The first-order valence-corrected chi connectivity index (χ1v) is 3.56. The molecule has 1 aromatic heterocycles. The number of alkyl halides is 2. The molecule has 0 unspecified atom stereocenters. The first-order valence-electron chi connectivity index (χ1n) is 3.56. The topological polar surface area (TPSA) is 12.9 Å². The summed E-state index contributed by atoms with van der Waals surface area (Å²) in [5.41, 5.74) is -0.383. The molecular formula is C8H8F3N. The highest BCUT2D eigenvalue weighted by atomic mass is 19.3. The van der Waals surface area contributed by atoms with Crippen molar-refractivity contribution in [2.75, 3.05) is 0 Å². The summed E-state index contributed by atoms with van der Waals surface area (Å²) in [4.78, 5) is 3.30. The lowest BCUT2D eigenvalue weighted by molar-refractivity contribution is -0.0128. The molecule has 0 bridgehead atoms. The second kappa shape index (κ2) is 3.13. The van der Waals surface area contributed by atoms with Crippen LogP contribution in [0.3, 0.4) is 0 Å². The molecule has 0 spiro atoms. The van der Waals surface area contributed by atoms with Gasteiger partial charge in [-0.15, -0.1) is 0 Å². The Balaban J connectivity index is 2.96. The minimum Gasteiger partial charge on any atom is -0.252 e. The highest BCUT2D eigenvalue weighted by molar-refractivity contribution is 5.10. The van der Waals surface area contributed by atoms with E-state index < -0.39 is 11.7 Å². The van der Waals surface area contributed by atoms with E-state index in [9.17, 15) is 13.2 Å². The van der Waals surface area contributed by atoms with Crippen LogP contribution in [0.25, 0.3) is 0 Å². The Hall–Kier alpha value is -1.06. The average Bonchev–Trinajstić information content (AvgIpc) is 2.05. The van der Waals surface area contributed by atoms with Crippen LogP contribution >= 0.6 is 0 Å². The van der Waals surface area contributed by atoms with Crippen molar-refractivity contribution < 1.29 is 13.2 Å². The van der Waals surface area contributed by atoms with E-state index in [-0.39, 0.29) is 12.1 Å². The number of nitrogens with zero attached hydrogens (tertiary/aromatic N) is 1. The fourth-order valence-electron chi connectivity index (χ4n) is 0.773. The minimum absolute atomic E-state index is 0.328. The van der Waals surface area contributed by atoms with Crippen LogP contribution in [0.5, 0.6) is 0 Å². The quantitative estimate of drug-likeness (QED) is 0.673. The van der Waals surface area contributed by atoms with Gasteiger partial charge in [-0.3, -0.25) is 4.98 Å². The predicted molar refractivity (Wildman–Crippen MR) is 38.4 cm³/mol. The fourth-order valence-corrected chi connectivity index (χ4v) is 0.773. The van der Waals surface area contributed by atoms with Gasteiger partial charge in [0.2, 0.25) is 0 Å². The Morgan fingerprint density at radius 3 is 2.50 bits per heavy atom. The van der Waals surface area contributed by atoms with Gasteiger partial charge in [-0.05, 0) is 12.1 Å². The normalized spacial score (nSPS) is 11.7.